The minimum atomic E-state index is -3.66. The van der Waals surface area contributed by atoms with Crippen LogP contribution in [0.5, 0.6) is 0 Å². The van der Waals surface area contributed by atoms with Gasteiger partial charge < -0.3 is 0 Å². The summed E-state index contributed by atoms with van der Waals surface area (Å²) in [5.41, 5.74) is 0. The first-order valence-electron chi connectivity index (χ1n) is 4.82. The molecule has 0 aliphatic heterocycles. The van der Waals surface area contributed by atoms with Gasteiger partial charge in [0.05, 0.1) is 0 Å². The fraction of sp³-hybridized carbons (Fsp3) is 0. The van der Waals surface area contributed by atoms with Crippen LogP contribution in [-0.2, 0) is 1.40 Å². The zero-order valence-corrected chi connectivity index (χ0v) is 13.1. The second-order valence-corrected chi connectivity index (χ2v) is 10.6. The van der Waals surface area contributed by atoms with Crippen molar-refractivity contribution in [2.75, 3.05) is 0 Å². The number of hydrogen-bond acceptors (Lipinski definition) is 3. The zero-order valence-electron chi connectivity index (χ0n) is 8.75. The maximum absolute atomic E-state index is 10.9. The van der Waals surface area contributed by atoms with Gasteiger partial charge >= 0.3 is 117 Å². The van der Waals surface area contributed by atoms with Gasteiger partial charge in [0.25, 0.3) is 0 Å². The zero-order chi connectivity index (χ0) is 12.1. The van der Waals surface area contributed by atoms with Gasteiger partial charge in [0.2, 0.25) is 0 Å². The second-order valence-electron chi connectivity index (χ2n) is 3.09. The number of benzene rings is 2. The molecule has 2 rings (SSSR count). The Morgan fingerprint density at radius 2 is 1.18 bits per heavy atom. The van der Waals surface area contributed by atoms with E-state index in [0.717, 1.165) is 7.14 Å². The van der Waals surface area contributed by atoms with E-state index in [9.17, 15) is 6.87 Å². The van der Waals surface area contributed by atoms with Gasteiger partial charge in [0.15, 0.2) is 0 Å². The van der Waals surface area contributed by atoms with Crippen LogP contribution in [0, 0.1) is 7.14 Å². The Morgan fingerprint density at radius 1 is 0.765 bits per heavy atom. The summed E-state index contributed by atoms with van der Waals surface area (Å²) in [4.78, 5) is 0. The molecule has 0 spiro atoms. The summed E-state index contributed by atoms with van der Waals surface area (Å²) in [6, 6.07) is 19.1. The fourth-order valence-corrected chi connectivity index (χ4v) is 9.21. The van der Waals surface area contributed by atoms with E-state index in [0.29, 0.717) is 0 Å². The van der Waals surface area contributed by atoms with Crippen LogP contribution in [0.3, 0.4) is 0 Å². The van der Waals surface area contributed by atoms with Crippen molar-refractivity contribution >= 4 is 20.2 Å². The third-order valence-corrected chi connectivity index (χ3v) is 10.3. The van der Waals surface area contributed by atoms with E-state index in [1.807, 2.05) is 60.7 Å². The van der Waals surface area contributed by atoms with Crippen molar-refractivity contribution in [2.24, 2.45) is 0 Å². The van der Waals surface area contributed by atoms with Crippen molar-refractivity contribution in [3.63, 3.8) is 0 Å². The summed E-state index contributed by atoms with van der Waals surface area (Å²) < 4.78 is 29.0. The maximum atomic E-state index is 10.9. The summed E-state index contributed by atoms with van der Waals surface area (Å²) in [7, 11) is 0. The van der Waals surface area contributed by atoms with Crippen LogP contribution in [0.15, 0.2) is 60.7 Å². The molecule has 0 atom stereocenters. The Labute approximate surface area is 116 Å². The van der Waals surface area contributed by atoms with Gasteiger partial charge in [-0.2, -0.15) is 0 Å². The summed E-state index contributed by atoms with van der Waals surface area (Å²) >= 11 is -5.92. The molecule has 2 aromatic rings. The molecule has 0 bridgehead atoms. The normalized spacial score (nSPS) is 11.6. The van der Waals surface area contributed by atoms with Gasteiger partial charge in [-0.15, -0.1) is 0 Å². The van der Waals surface area contributed by atoms with Crippen molar-refractivity contribution in [3.05, 3.63) is 67.8 Å². The molecule has 3 nitrogen and oxygen atoms in total. The molecule has 0 amide bonds. The quantitative estimate of drug-likeness (QED) is 0.514. The molecule has 2 aromatic carbocycles. The third-order valence-electron chi connectivity index (χ3n) is 1.97. The Kier molecular flexibility index (Phi) is 5.16. The van der Waals surface area contributed by atoms with Crippen LogP contribution in [0.1, 0.15) is 0 Å². The monoisotopic (exact) mass is 456 g/mol. The van der Waals surface area contributed by atoms with Crippen molar-refractivity contribution < 1.29 is 29.3 Å². The molecule has 0 heterocycles. The van der Waals surface area contributed by atoms with Crippen LogP contribution in [0.2, 0.25) is 0 Å². The van der Waals surface area contributed by atoms with E-state index >= 15 is 0 Å². The number of hydrogen-bond donors (Lipinski definition) is 0. The Bertz CT molecular complexity index is 408. The van der Waals surface area contributed by atoms with Crippen molar-refractivity contribution in [2.45, 2.75) is 0 Å². The molecule has 0 aromatic heterocycles. The molecule has 5 heteroatoms. The molecular weight excluding hydrogens is 446 g/mol. The van der Waals surface area contributed by atoms with Gasteiger partial charge in [0.1, 0.15) is 0 Å². The Balaban J connectivity index is 2.32. The first-order chi connectivity index (χ1) is 8.27. The summed E-state index contributed by atoms with van der Waals surface area (Å²) in [5, 5.41) is 0. The van der Waals surface area contributed by atoms with E-state index in [1.165, 1.54) is 0 Å². The minimum absolute atomic E-state index is 0.997. The third kappa shape index (κ3) is 3.88. The van der Waals surface area contributed by atoms with Gasteiger partial charge in [-0.25, -0.2) is 0 Å². The van der Waals surface area contributed by atoms with E-state index in [2.05, 4.69) is 0 Å². The molecule has 0 N–H and O–H groups in total. The summed E-state index contributed by atoms with van der Waals surface area (Å²) in [5.74, 6) is 0. The van der Waals surface area contributed by atoms with Gasteiger partial charge in [-0.1, -0.05) is 0 Å². The number of rotatable bonds is 4. The van der Waals surface area contributed by atoms with Crippen molar-refractivity contribution in [1.29, 1.82) is 0 Å². The van der Waals surface area contributed by atoms with Crippen LogP contribution >= 0.6 is 20.2 Å². The fourth-order valence-electron chi connectivity index (χ4n) is 1.30. The molecule has 0 unspecified atom stereocenters. The predicted octanol–water partition coefficient (Wildman–Crippen LogP) is -1.75. The van der Waals surface area contributed by atoms with E-state index in [1.54, 1.807) is 0 Å². The first kappa shape index (κ1) is 13.2. The van der Waals surface area contributed by atoms with Gasteiger partial charge in [-0.05, 0) is 0 Å². The van der Waals surface area contributed by atoms with Crippen LogP contribution < -0.4 is 27.9 Å². The molecule has 0 saturated carbocycles. The predicted molar refractivity (Wildman–Crippen MR) is 65.4 cm³/mol. The summed E-state index contributed by atoms with van der Waals surface area (Å²) in [6.07, 6.45) is 0. The van der Waals surface area contributed by atoms with E-state index < -0.39 is 41.3 Å². The average Bonchev–Trinajstić information content (AvgIpc) is 2.38. The molecule has 90 valence electrons. The SMILES string of the molecule is [O-][I+2]([O-])OI(c1ccccc1)c1ccccc1. The van der Waals surface area contributed by atoms with Gasteiger partial charge in [0, 0.05) is 0 Å². The van der Waals surface area contributed by atoms with Crippen LogP contribution in [0.25, 0.3) is 0 Å². The average molecular weight is 456 g/mol. The molecule has 0 fully saturated rings. The Hall–Kier alpha value is -0.220. The van der Waals surface area contributed by atoms with Crippen LogP contribution in [0.4, 0.5) is 0 Å². The molecule has 0 aliphatic carbocycles. The molecule has 0 aliphatic rings. The standard InChI is InChI=1S/C12H10I2O3/c15-14(16)17-13(11-7-3-1-4-8-11)12-9-5-2-6-10-12/h1-10H. The molecule has 17 heavy (non-hydrogen) atoms. The first-order valence-corrected chi connectivity index (χ1v) is 10.5. The van der Waals surface area contributed by atoms with E-state index in [4.69, 9.17) is 1.40 Å². The van der Waals surface area contributed by atoms with Crippen molar-refractivity contribution in [3.8, 4) is 0 Å². The molecule has 0 radical (unpaired) electrons. The topological polar surface area (TPSA) is 55.3 Å². The van der Waals surface area contributed by atoms with Gasteiger partial charge in [-0.3, -0.25) is 0 Å². The summed E-state index contributed by atoms with van der Waals surface area (Å²) in [6.45, 7) is 0. The van der Waals surface area contributed by atoms with E-state index in [-0.39, 0.29) is 0 Å². The van der Waals surface area contributed by atoms with Crippen molar-refractivity contribution in [1.82, 2.24) is 0 Å². The van der Waals surface area contributed by atoms with Crippen LogP contribution in [-0.4, -0.2) is 0 Å². The molecular formula is C12H10I2O3. The molecule has 0 saturated heterocycles. The second kappa shape index (κ2) is 6.64. The Morgan fingerprint density at radius 3 is 1.53 bits per heavy atom. The number of halogens is 2.